The first-order valence-corrected chi connectivity index (χ1v) is 12.4. The largest absolute Gasteiger partial charge is 0.339 e. The maximum absolute atomic E-state index is 12.9. The highest BCUT2D eigenvalue weighted by atomic mass is 35.5. The highest BCUT2D eigenvalue weighted by Crippen LogP contribution is 2.35. The quantitative estimate of drug-likeness (QED) is 0.513. The summed E-state index contributed by atoms with van der Waals surface area (Å²) in [5.74, 6) is 0.218. The lowest BCUT2D eigenvalue weighted by molar-refractivity contribution is -0.0258. The predicted octanol–water partition coefficient (Wildman–Crippen LogP) is 4.15. The van der Waals surface area contributed by atoms with E-state index in [4.69, 9.17) is 21.4 Å². The topological polar surface area (TPSA) is 79.8 Å². The third-order valence-electron chi connectivity index (χ3n) is 5.49. The number of hydrogen-bond acceptors (Lipinski definition) is 6. The zero-order valence-corrected chi connectivity index (χ0v) is 19.5. The van der Waals surface area contributed by atoms with Crippen molar-refractivity contribution in [2.45, 2.75) is 23.7 Å². The summed E-state index contributed by atoms with van der Waals surface area (Å²) in [6, 6.07) is 11.7. The number of hydroxylamine groups is 1. The molecule has 2 heterocycles. The molecule has 0 atom stereocenters. The number of halogens is 1. The van der Waals surface area contributed by atoms with E-state index in [2.05, 4.69) is 0 Å². The van der Waals surface area contributed by atoms with E-state index in [1.54, 1.807) is 23.5 Å². The van der Waals surface area contributed by atoms with Crippen LogP contribution in [0.25, 0.3) is 10.2 Å². The Labute approximate surface area is 190 Å². The van der Waals surface area contributed by atoms with Gasteiger partial charge in [-0.15, -0.1) is 11.3 Å². The summed E-state index contributed by atoms with van der Waals surface area (Å²) in [5, 5.41) is 1.76. The first-order chi connectivity index (χ1) is 14.8. The fourth-order valence-electron chi connectivity index (χ4n) is 3.62. The van der Waals surface area contributed by atoms with Gasteiger partial charge in [0.25, 0.3) is 15.9 Å². The number of fused-ring (bicyclic) bond motifs is 1. The second-order valence-corrected chi connectivity index (χ2v) is 10.8. The Kier molecular flexibility index (Phi) is 6.32. The van der Waals surface area contributed by atoms with Crippen LogP contribution in [0.2, 0.25) is 5.02 Å². The zero-order valence-electron chi connectivity index (χ0n) is 17.1. The molecule has 31 heavy (non-hydrogen) atoms. The molecule has 10 heteroatoms. The Morgan fingerprint density at radius 3 is 2.52 bits per heavy atom. The van der Waals surface area contributed by atoms with Gasteiger partial charge in [0.1, 0.15) is 0 Å². The molecule has 1 fully saturated rings. The van der Waals surface area contributed by atoms with Crippen LogP contribution < -0.4 is 0 Å². The van der Waals surface area contributed by atoms with E-state index < -0.39 is 10.0 Å². The van der Waals surface area contributed by atoms with E-state index in [9.17, 15) is 13.2 Å². The van der Waals surface area contributed by atoms with Gasteiger partial charge < -0.3 is 4.90 Å². The molecular formula is C21H22ClN3O4S2. The van der Waals surface area contributed by atoms with Crippen molar-refractivity contribution >= 4 is 49.1 Å². The molecule has 1 aliphatic heterocycles. The highest BCUT2D eigenvalue weighted by Gasteiger charge is 2.27. The molecule has 1 amide bonds. The number of piperidine rings is 1. The van der Waals surface area contributed by atoms with Crippen molar-refractivity contribution in [3.63, 3.8) is 0 Å². The lowest BCUT2D eigenvalue weighted by Crippen LogP contribution is -2.37. The number of carbonyl (C=O) groups excluding carboxylic acids is 1. The molecular weight excluding hydrogens is 458 g/mol. The zero-order chi connectivity index (χ0) is 22.2. The standard InChI is InChI=1S/C21H22ClN3O4S2/c1-24(29-2)31(27,28)17-6-3-15(4-7-17)21(26)25-11-9-14(10-12-25)20-23-18-13-16(22)5-8-19(18)30-20/h3-8,13-14H,9-12H2,1-2H3. The molecule has 1 aromatic heterocycles. The summed E-state index contributed by atoms with van der Waals surface area (Å²) in [6.45, 7) is 1.26. The smallest absolute Gasteiger partial charge is 0.264 e. The van der Waals surface area contributed by atoms with E-state index in [1.807, 2.05) is 23.1 Å². The minimum Gasteiger partial charge on any atom is -0.339 e. The van der Waals surface area contributed by atoms with Gasteiger partial charge in [0.05, 0.1) is 27.2 Å². The molecule has 7 nitrogen and oxygen atoms in total. The van der Waals surface area contributed by atoms with Crippen molar-refractivity contribution in [2.24, 2.45) is 0 Å². The summed E-state index contributed by atoms with van der Waals surface area (Å²) in [7, 11) is -1.14. The molecule has 0 aliphatic carbocycles. The third-order valence-corrected chi connectivity index (χ3v) is 8.62. The molecule has 0 saturated carbocycles. The monoisotopic (exact) mass is 479 g/mol. The summed E-state index contributed by atoms with van der Waals surface area (Å²) >= 11 is 7.74. The number of carbonyl (C=O) groups is 1. The van der Waals surface area contributed by atoms with Crippen molar-refractivity contribution in [3.05, 3.63) is 58.1 Å². The lowest BCUT2D eigenvalue weighted by Gasteiger charge is -2.31. The number of thiazole rings is 1. The molecule has 2 aromatic carbocycles. The number of nitrogens with zero attached hydrogens (tertiary/aromatic N) is 3. The van der Waals surface area contributed by atoms with Crippen molar-refractivity contribution in [1.82, 2.24) is 14.4 Å². The van der Waals surface area contributed by atoms with Gasteiger partial charge in [-0.1, -0.05) is 16.1 Å². The Morgan fingerprint density at radius 1 is 1.19 bits per heavy atom. The third kappa shape index (κ3) is 4.47. The summed E-state index contributed by atoms with van der Waals surface area (Å²) in [5.41, 5.74) is 1.38. The number of hydrogen-bond donors (Lipinski definition) is 0. The minimum absolute atomic E-state index is 0.0723. The van der Waals surface area contributed by atoms with Crippen LogP contribution in [-0.4, -0.2) is 55.9 Å². The van der Waals surface area contributed by atoms with Gasteiger partial charge in [-0.05, 0) is 55.3 Å². The molecule has 164 valence electrons. The molecule has 1 saturated heterocycles. The number of rotatable bonds is 5. The Balaban J connectivity index is 1.42. The Hall–Kier alpha value is -2.04. The molecule has 0 bridgehead atoms. The maximum Gasteiger partial charge on any atom is 0.264 e. The van der Waals surface area contributed by atoms with Gasteiger partial charge in [-0.25, -0.2) is 13.4 Å². The summed E-state index contributed by atoms with van der Waals surface area (Å²) in [6.07, 6.45) is 1.68. The fourth-order valence-corrected chi connectivity index (χ4v) is 5.88. The normalized spacial score (nSPS) is 15.7. The van der Waals surface area contributed by atoms with Gasteiger partial charge in [-0.3, -0.25) is 9.63 Å². The number of sulfonamides is 1. The van der Waals surface area contributed by atoms with Crippen LogP contribution in [-0.2, 0) is 14.9 Å². The van der Waals surface area contributed by atoms with Gasteiger partial charge in [0.15, 0.2) is 0 Å². The molecule has 4 rings (SSSR count). The average Bonchev–Trinajstić information content (AvgIpc) is 3.21. The summed E-state index contributed by atoms with van der Waals surface area (Å²) < 4.78 is 26.5. The van der Waals surface area contributed by atoms with Gasteiger partial charge in [-0.2, -0.15) is 0 Å². The van der Waals surface area contributed by atoms with Crippen molar-refractivity contribution < 1.29 is 18.0 Å². The van der Waals surface area contributed by atoms with Crippen LogP contribution in [0.3, 0.4) is 0 Å². The lowest BCUT2D eigenvalue weighted by atomic mass is 9.97. The van der Waals surface area contributed by atoms with E-state index in [0.717, 1.165) is 32.5 Å². The van der Waals surface area contributed by atoms with Crippen molar-refractivity contribution in [3.8, 4) is 0 Å². The van der Waals surface area contributed by atoms with Gasteiger partial charge in [0.2, 0.25) is 0 Å². The van der Waals surface area contributed by atoms with Gasteiger partial charge >= 0.3 is 0 Å². The van der Waals surface area contributed by atoms with E-state index in [1.165, 1.54) is 26.3 Å². The van der Waals surface area contributed by atoms with E-state index >= 15 is 0 Å². The molecule has 0 spiro atoms. The SMILES string of the molecule is CON(C)S(=O)(=O)c1ccc(C(=O)N2CCC(c3nc4cc(Cl)ccc4s3)CC2)cc1. The summed E-state index contributed by atoms with van der Waals surface area (Å²) in [4.78, 5) is 24.3. The van der Waals surface area contributed by atoms with Gasteiger partial charge in [0, 0.05) is 36.6 Å². The molecule has 0 unspecified atom stereocenters. The van der Waals surface area contributed by atoms with Crippen LogP contribution in [0.5, 0.6) is 0 Å². The van der Waals surface area contributed by atoms with Crippen molar-refractivity contribution in [1.29, 1.82) is 0 Å². The predicted molar refractivity (Wildman–Crippen MR) is 121 cm³/mol. The number of likely N-dealkylation sites (tertiary alicyclic amines) is 1. The molecule has 0 radical (unpaired) electrons. The van der Waals surface area contributed by atoms with Crippen molar-refractivity contribution in [2.75, 3.05) is 27.2 Å². The highest BCUT2D eigenvalue weighted by molar-refractivity contribution is 7.89. The number of aromatic nitrogens is 1. The Bertz CT molecular complexity index is 1200. The Morgan fingerprint density at radius 2 is 1.87 bits per heavy atom. The number of benzene rings is 2. The average molecular weight is 480 g/mol. The van der Waals surface area contributed by atoms with Crippen LogP contribution >= 0.6 is 22.9 Å². The van der Waals surface area contributed by atoms with Crippen LogP contribution in [0.4, 0.5) is 0 Å². The second kappa shape index (κ2) is 8.84. The van der Waals surface area contributed by atoms with E-state index in [-0.39, 0.29) is 10.8 Å². The minimum atomic E-state index is -3.74. The van der Waals surface area contributed by atoms with Crippen LogP contribution in [0.1, 0.15) is 34.1 Å². The fraction of sp³-hybridized carbons (Fsp3) is 0.333. The first kappa shape index (κ1) is 22.2. The number of amides is 1. The molecule has 1 aliphatic rings. The first-order valence-electron chi connectivity index (χ1n) is 9.78. The van der Waals surface area contributed by atoms with Crippen LogP contribution in [0, 0.1) is 0 Å². The molecule has 3 aromatic rings. The van der Waals surface area contributed by atoms with Crippen LogP contribution in [0.15, 0.2) is 47.4 Å². The van der Waals surface area contributed by atoms with E-state index in [0.29, 0.717) is 29.6 Å². The second-order valence-electron chi connectivity index (χ2n) is 7.35. The maximum atomic E-state index is 12.9. The molecule has 0 N–H and O–H groups in total.